The van der Waals surface area contributed by atoms with E-state index in [2.05, 4.69) is 21.1 Å². The first kappa shape index (κ1) is 23.7. The highest BCUT2D eigenvalue weighted by Crippen LogP contribution is 2.14. The summed E-state index contributed by atoms with van der Waals surface area (Å²) in [6.07, 6.45) is 9.93. The molecule has 0 bridgehead atoms. The Balaban J connectivity index is 1.61. The first-order valence-corrected chi connectivity index (χ1v) is 10.8. The summed E-state index contributed by atoms with van der Waals surface area (Å²) in [5.74, 6) is 0.685. The van der Waals surface area contributed by atoms with Gasteiger partial charge in [-0.05, 0) is 43.5 Å². The average molecular weight is 420 g/mol. The van der Waals surface area contributed by atoms with Crippen LogP contribution in [-0.4, -0.2) is 53.3 Å². The predicted molar refractivity (Wildman–Crippen MR) is 119 cm³/mol. The van der Waals surface area contributed by atoms with Crippen molar-refractivity contribution in [3.63, 3.8) is 0 Å². The van der Waals surface area contributed by atoms with Gasteiger partial charge in [-0.25, -0.2) is 19.0 Å². The maximum absolute atomic E-state index is 11.8. The molecule has 166 valence electrons. The van der Waals surface area contributed by atoms with Crippen molar-refractivity contribution in [2.75, 3.05) is 34.3 Å². The summed E-state index contributed by atoms with van der Waals surface area (Å²) < 4.78 is 7.65. The van der Waals surface area contributed by atoms with E-state index in [9.17, 15) is 14.4 Å². The quantitative estimate of drug-likeness (QED) is 0.385. The molecule has 30 heavy (non-hydrogen) atoms. The van der Waals surface area contributed by atoms with E-state index in [0.717, 1.165) is 21.9 Å². The molecule has 2 N–H and O–H groups in total. The molecule has 0 aliphatic rings. The SMILES string of the molecule is C[N+](C)(C)CCCCCCCCCCOc1ccc(-n2c(=O)[nH]c(=O)[nH]c2=O)cc1. The molecule has 0 radical (unpaired) electrons. The van der Waals surface area contributed by atoms with Crippen LogP contribution >= 0.6 is 0 Å². The van der Waals surface area contributed by atoms with Crippen LogP contribution in [0.25, 0.3) is 5.69 Å². The lowest BCUT2D eigenvalue weighted by molar-refractivity contribution is -0.870. The zero-order valence-electron chi connectivity index (χ0n) is 18.4. The van der Waals surface area contributed by atoms with E-state index in [-0.39, 0.29) is 0 Å². The fourth-order valence-electron chi connectivity index (χ4n) is 3.29. The molecule has 0 unspecified atom stereocenters. The van der Waals surface area contributed by atoms with E-state index in [4.69, 9.17) is 4.74 Å². The highest BCUT2D eigenvalue weighted by atomic mass is 16.5. The van der Waals surface area contributed by atoms with Gasteiger partial charge in [0.1, 0.15) is 5.75 Å². The third-order valence-corrected chi connectivity index (χ3v) is 4.93. The van der Waals surface area contributed by atoms with E-state index in [0.29, 0.717) is 18.0 Å². The van der Waals surface area contributed by atoms with Crippen LogP contribution in [0.2, 0.25) is 0 Å². The fourth-order valence-corrected chi connectivity index (χ4v) is 3.29. The summed E-state index contributed by atoms with van der Waals surface area (Å²) in [6.45, 7) is 1.89. The number of aromatic amines is 2. The smallest absolute Gasteiger partial charge is 0.338 e. The Morgan fingerprint density at radius 3 is 1.80 bits per heavy atom. The van der Waals surface area contributed by atoms with E-state index >= 15 is 0 Å². The molecular weight excluding hydrogens is 384 g/mol. The molecule has 0 atom stereocenters. The molecule has 0 aliphatic heterocycles. The van der Waals surface area contributed by atoms with E-state index in [1.807, 2.05) is 9.97 Å². The van der Waals surface area contributed by atoms with Crippen LogP contribution in [-0.2, 0) is 0 Å². The van der Waals surface area contributed by atoms with Gasteiger partial charge < -0.3 is 9.22 Å². The van der Waals surface area contributed by atoms with E-state index in [1.165, 1.54) is 45.1 Å². The number of aromatic nitrogens is 3. The van der Waals surface area contributed by atoms with Crippen molar-refractivity contribution in [2.45, 2.75) is 51.4 Å². The summed E-state index contributed by atoms with van der Waals surface area (Å²) in [7, 11) is 6.72. The molecule has 0 fully saturated rings. The molecule has 0 spiro atoms. The van der Waals surface area contributed by atoms with Crippen LogP contribution in [0.1, 0.15) is 51.4 Å². The summed E-state index contributed by atoms with van der Waals surface area (Å²) in [5.41, 5.74) is -2.00. The minimum atomic E-state index is -0.818. The van der Waals surface area contributed by atoms with Crippen molar-refractivity contribution in [1.82, 2.24) is 14.5 Å². The third-order valence-electron chi connectivity index (χ3n) is 4.93. The fraction of sp³-hybridized carbons (Fsp3) is 0.591. The molecule has 8 nitrogen and oxygen atoms in total. The Morgan fingerprint density at radius 1 is 0.767 bits per heavy atom. The van der Waals surface area contributed by atoms with Crippen LogP contribution in [0.3, 0.4) is 0 Å². The van der Waals surface area contributed by atoms with Crippen LogP contribution in [0.5, 0.6) is 5.75 Å². The van der Waals surface area contributed by atoms with Crippen LogP contribution in [0, 0.1) is 0 Å². The Bertz CT molecular complexity index is 901. The highest BCUT2D eigenvalue weighted by molar-refractivity contribution is 5.36. The van der Waals surface area contributed by atoms with Gasteiger partial charge in [-0.1, -0.05) is 32.1 Å². The second kappa shape index (κ2) is 11.5. The molecule has 0 aliphatic carbocycles. The van der Waals surface area contributed by atoms with E-state index in [1.54, 1.807) is 24.3 Å². The van der Waals surface area contributed by atoms with Crippen LogP contribution < -0.4 is 21.8 Å². The number of hydrogen-bond acceptors (Lipinski definition) is 4. The molecule has 0 saturated heterocycles. The summed E-state index contributed by atoms with van der Waals surface area (Å²) in [5, 5.41) is 0. The Kier molecular flexibility index (Phi) is 9.11. The van der Waals surface area contributed by atoms with Crippen LogP contribution in [0.4, 0.5) is 0 Å². The lowest BCUT2D eigenvalue weighted by Crippen LogP contribution is -2.42. The third kappa shape index (κ3) is 8.41. The largest absolute Gasteiger partial charge is 0.494 e. The average Bonchev–Trinajstić information content (AvgIpc) is 2.65. The number of H-pyrrole nitrogens is 2. The molecule has 0 saturated carbocycles. The Morgan fingerprint density at radius 2 is 1.27 bits per heavy atom. The highest BCUT2D eigenvalue weighted by Gasteiger charge is 2.06. The number of nitrogens with zero attached hydrogens (tertiary/aromatic N) is 2. The predicted octanol–water partition coefficient (Wildman–Crippen LogP) is 2.42. The van der Waals surface area contributed by atoms with Gasteiger partial charge in [0, 0.05) is 0 Å². The van der Waals surface area contributed by atoms with Crippen LogP contribution in [0.15, 0.2) is 38.6 Å². The van der Waals surface area contributed by atoms with Gasteiger partial charge in [0.15, 0.2) is 0 Å². The van der Waals surface area contributed by atoms with Gasteiger partial charge in [-0.3, -0.25) is 9.97 Å². The summed E-state index contributed by atoms with van der Waals surface area (Å²) >= 11 is 0. The van der Waals surface area contributed by atoms with Gasteiger partial charge in [-0.15, -0.1) is 0 Å². The monoisotopic (exact) mass is 419 g/mol. The van der Waals surface area contributed by atoms with Gasteiger partial charge in [0.25, 0.3) is 0 Å². The first-order valence-electron chi connectivity index (χ1n) is 10.8. The Labute approximate surface area is 177 Å². The summed E-state index contributed by atoms with van der Waals surface area (Å²) in [6, 6.07) is 6.65. The molecule has 0 amide bonds. The molecule has 2 aromatic rings. The molecular formula is C22H35N4O4+. The minimum Gasteiger partial charge on any atom is -0.494 e. The normalized spacial score (nSPS) is 11.6. The molecule has 2 rings (SSSR count). The van der Waals surface area contributed by atoms with Crippen molar-refractivity contribution in [2.24, 2.45) is 0 Å². The molecule has 1 aromatic carbocycles. The Hall–Kier alpha value is -2.61. The number of nitrogens with one attached hydrogen (secondary N) is 2. The number of quaternary nitrogens is 1. The number of ether oxygens (including phenoxy) is 1. The first-order chi connectivity index (χ1) is 14.3. The zero-order chi connectivity index (χ0) is 22.0. The molecule has 1 aromatic heterocycles. The second-order valence-electron chi connectivity index (χ2n) is 8.71. The summed E-state index contributed by atoms with van der Waals surface area (Å²) in [4.78, 5) is 38.8. The maximum Gasteiger partial charge on any atom is 0.338 e. The number of unbranched alkanes of at least 4 members (excludes halogenated alkanes) is 7. The van der Waals surface area contributed by atoms with Gasteiger partial charge in [0.2, 0.25) is 0 Å². The van der Waals surface area contributed by atoms with Crippen molar-refractivity contribution >= 4 is 0 Å². The zero-order valence-corrected chi connectivity index (χ0v) is 18.4. The van der Waals surface area contributed by atoms with Gasteiger partial charge >= 0.3 is 17.1 Å². The van der Waals surface area contributed by atoms with E-state index < -0.39 is 17.1 Å². The maximum atomic E-state index is 11.8. The number of hydrogen-bond donors (Lipinski definition) is 2. The van der Waals surface area contributed by atoms with Crippen molar-refractivity contribution in [3.8, 4) is 11.4 Å². The number of rotatable bonds is 13. The van der Waals surface area contributed by atoms with Crippen molar-refractivity contribution < 1.29 is 9.22 Å². The van der Waals surface area contributed by atoms with Crippen molar-refractivity contribution in [3.05, 3.63) is 55.7 Å². The second-order valence-corrected chi connectivity index (χ2v) is 8.71. The number of benzene rings is 1. The minimum absolute atomic E-state index is 0.367. The molecule has 8 heteroatoms. The standard InChI is InChI=1S/C22H34N4O4/c1-26(2,3)16-10-8-6-4-5-7-9-11-17-30-19-14-12-18(13-15-19)25-21(28)23-20(27)24-22(25)29/h12-15H,4-11,16-17H2,1-3H3,(H-,23,24,27,28,29)/p+1. The van der Waals surface area contributed by atoms with Gasteiger partial charge in [0.05, 0.1) is 40.0 Å². The van der Waals surface area contributed by atoms with Crippen molar-refractivity contribution in [1.29, 1.82) is 0 Å². The lowest BCUT2D eigenvalue weighted by Gasteiger charge is -2.23. The topological polar surface area (TPSA) is 96.9 Å². The van der Waals surface area contributed by atoms with Gasteiger partial charge in [-0.2, -0.15) is 0 Å². The lowest BCUT2D eigenvalue weighted by atomic mass is 10.1. The molecule has 1 heterocycles.